The van der Waals surface area contributed by atoms with Gasteiger partial charge in [-0.3, -0.25) is 9.63 Å². The van der Waals surface area contributed by atoms with Crippen molar-refractivity contribution in [2.45, 2.75) is 116 Å². The summed E-state index contributed by atoms with van der Waals surface area (Å²) in [6.07, 6.45) is 8.62. The van der Waals surface area contributed by atoms with Crippen LogP contribution >= 0.6 is 0 Å². The Hall–Kier alpha value is -1.67. The summed E-state index contributed by atoms with van der Waals surface area (Å²) >= 11 is 0. The van der Waals surface area contributed by atoms with Crippen molar-refractivity contribution in [3.8, 4) is 5.75 Å². The molecule has 3 N–H and O–H groups in total. The third-order valence-corrected chi connectivity index (χ3v) is 12.4. The normalized spacial score (nSPS) is 40.5. The van der Waals surface area contributed by atoms with Crippen LogP contribution in [0.5, 0.6) is 5.75 Å². The Morgan fingerprint density at radius 1 is 1.17 bits per heavy atom. The van der Waals surface area contributed by atoms with Crippen molar-refractivity contribution in [2.75, 3.05) is 13.7 Å². The lowest BCUT2D eigenvalue weighted by Crippen LogP contribution is -2.62. The highest BCUT2D eigenvalue weighted by atomic mass is 16.7. The molecular weight excluding hydrogens is 516 g/mol. The second-order valence-corrected chi connectivity index (χ2v) is 14.7. The molecule has 1 saturated heterocycles. The molecule has 41 heavy (non-hydrogen) atoms. The summed E-state index contributed by atoms with van der Waals surface area (Å²) in [6.45, 7) is 8.80. The van der Waals surface area contributed by atoms with Gasteiger partial charge < -0.3 is 20.3 Å². The Labute approximate surface area is 246 Å². The molecule has 0 aromatic heterocycles. The van der Waals surface area contributed by atoms with E-state index in [1.165, 1.54) is 50.5 Å². The number of carbonyl (C=O) groups is 1. The van der Waals surface area contributed by atoms with Gasteiger partial charge in [-0.1, -0.05) is 58.2 Å². The first-order chi connectivity index (χ1) is 19.6. The van der Waals surface area contributed by atoms with Gasteiger partial charge in [-0.15, -0.1) is 0 Å². The molecule has 11 atom stereocenters. The lowest BCUT2D eigenvalue weighted by molar-refractivity contribution is -0.183. The Balaban J connectivity index is 1.23. The van der Waals surface area contributed by atoms with Crippen LogP contribution in [0.25, 0.3) is 0 Å². The summed E-state index contributed by atoms with van der Waals surface area (Å²) < 4.78 is 6.06. The van der Waals surface area contributed by atoms with Gasteiger partial charge in [0.25, 0.3) is 0 Å². The molecule has 2 bridgehead atoms. The average Bonchev–Trinajstić information content (AvgIpc) is 3.57. The highest BCUT2D eigenvalue weighted by molar-refractivity contribution is 5.83. The number of hydrogen-bond donors (Lipinski definition) is 3. The number of ether oxygens (including phenoxy) is 1. The molecule has 0 spiro atoms. The van der Waals surface area contributed by atoms with Crippen molar-refractivity contribution in [1.82, 2.24) is 10.4 Å². The van der Waals surface area contributed by atoms with Gasteiger partial charge in [0.1, 0.15) is 17.9 Å². The van der Waals surface area contributed by atoms with Crippen LogP contribution in [-0.4, -0.2) is 59.2 Å². The van der Waals surface area contributed by atoms with Gasteiger partial charge >= 0.3 is 0 Å². The van der Waals surface area contributed by atoms with Crippen LogP contribution in [0.4, 0.5) is 0 Å². The second-order valence-electron chi connectivity index (χ2n) is 14.7. The number of para-hydroxylation sites is 1. The molecule has 7 heteroatoms. The number of hydroxylamine groups is 2. The average molecular weight is 569 g/mol. The van der Waals surface area contributed by atoms with Crippen LogP contribution in [0.3, 0.4) is 0 Å². The Kier molecular flexibility index (Phi) is 8.20. The van der Waals surface area contributed by atoms with E-state index >= 15 is 0 Å². The number of amides is 1. The van der Waals surface area contributed by atoms with E-state index in [9.17, 15) is 15.0 Å². The van der Waals surface area contributed by atoms with Gasteiger partial charge in [-0.2, -0.15) is 5.06 Å². The van der Waals surface area contributed by atoms with Gasteiger partial charge in [0.15, 0.2) is 0 Å². The molecule has 228 valence electrons. The predicted molar refractivity (Wildman–Crippen MR) is 158 cm³/mol. The van der Waals surface area contributed by atoms with E-state index in [1.54, 1.807) is 19.1 Å². The van der Waals surface area contributed by atoms with E-state index in [1.807, 2.05) is 0 Å². The third-order valence-electron chi connectivity index (χ3n) is 12.4. The number of carbonyl (C=O) groups excluding carboxylic acids is 1. The van der Waals surface area contributed by atoms with Crippen molar-refractivity contribution >= 4 is 5.91 Å². The molecule has 0 radical (unpaired) electrons. The standard InChI is InChI=1S/C34H52N2O5/c1-19-27-15-25(34(27,3)4)16-28(19)35-33(39)31-30(20(2)38)29(18-37)41-36(31)17-24-10-7-11-26(32(24)40-5)23-13-12-21-8-6-9-22(21)14-23/h7,10-11,19-23,25,27-31,37-38H,6,8-9,12-18H2,1-5H3,(H,35,39)/t19-,20-,21?,22?,23?,25+,27-,28-,29-,30+,31-/m0/s1. The predicted octanol–water partition coefficient (Wildman–Crippen LogP) is 5.04. The zero-order chi connectivity index (χ0) is 29.1. The minimum absolute atomic E-state index is 0.113. The van der Waals surface area contributed by atoms with Crippen molar-refractivity contribution in [3.05, 3.63) is 29.3 Å². The maximum absolute atomic E-state index is 14.0. The molecule has 1 heterocycles. The van der Waals surface area contributed by atoms with Crippen LogP contribution < -0.4 is 10.1 Å². The van der Waals surface area contributed by atoms with Crippen molar-refractivity contribution in [2.24, 2.45) is 40.9 Å². The van der Waals surface area contributed by atoms with Gasteiger partial charge in [-0.05, 0) is 85.5 Å². The largest absolute Gasteiger partial charge is 0.496 e. The number of nitrogens with zero attached hydrogens (tertiary/aromatic N) is 1. The van der Waals surface area contributed by atoms with Crippen LogP contribution in [0, 0.1) is 40.9 Å². The number of benzene rings is 1. The van der Waals surface area contributed by atoms with Crippen molar-refractivity contribution < 1.29 is 24.6 Å². The SMILES string of the molecule is COc1c(CN2O[C@@H](CO)[C@@H]([C@H](C)O)[C@H]2C(=O)N[C@H]2C[C@H]3C[C@@H]([C@@H]2C)C3(C)C)cccc1C1CCC2CCCC2C1. The first kappa shape index (κ1) is 29.4. The van der Waals surface area contributed by atoms with E-state index in [0.29, 0.717) is 35.6 Å². The second kappa shape index (κ2) is 11.4. The van der Waals surface area contributed by atoms with Crippen LogP contribution in [-0.2, 0) is 16.2 Å². The molecule has 7 rings (SSSR count). The summed E-state index contributed by atoms with van der Waals surface area (Å²) in [4.78, 5) is 20.3. The third kappa shape index (κ3) is 5.13. The van der Waals surface area contributed by atoms with E-state index in [4.69, 9.17) is 9.57 Å². The Bertz CT molecular complexity index is 1110. The molecule has 1 amide bonds. The van der Waals surface area contributed by atoms with Gasteiger partial charge in [0.2, 0.25) is 5.91 Å². The number of aliphatic hydroxyl groups is 2. The molecule has 1 aromatic rings. The van der Waals surface area contributed by atoms with E-state index in [2.05, 4.69) is 44.3 Å². The lowest BCUT2D eigenvalue weighted by atomic mass is 9.45. The van der Waals surface area contributed by atoms with Crippen LogP contribution in [0.2, 0.25) is 0 Å². The number of aliphatic hydroxyl groups excluding tert-OH is 2. The zero-order valence-electron chi connectivity index (χ0n) is 25.7. The monoisotopic (exact) mass is 568 g/mol. The number of methoxy groups -OCH3 is 1. The van der Waals surface area contributed by atoms with E-state index in [-0.39, 0.29) is 18.6 Å². The molecule has 3 unspecified atom stereocenters. The van der Waals surface area contributed by atoms with Crippen LogP contribution in [0.1, 0.15) is 96.1 Å². The number of nitrogens with one attached hydrogen (secondary N) is 1. The fourth-order valence-electron chi connectivity index (χ4n) is 9.94. The summed E-state index contributed by atoms with van der Waals surface area (Å²) in [5.74, 6) is 4.11. The van der Waals surface area contributed by atoms with Gasteiger partial charge in [0.05, 0.1) is 26.4 Å². The van der Waals surface area contributed by atoms with Crippen LogP contribution in [0.15, 0.2) is 18.2 Å². The minimum atomic E-state index is -0.807. The first-order valence-corrected chi connectivity index (χ1v) is 16.3. The lowest BCUT2D eigenvalue weighted by Gasteiger charge is -2.62. The molecule has 6 fully saturated rings. The van der Waals surface area contributed by atoms with Gasteiger partial charge in [-0.25, -0.2) is 0 Å². The molecule has 5 aliphatic carbocycles. The number of hydrogen-bond acceptors (Lipinski definition) is 6. The minimum Gasteiger partial charge on any atom is -0.496 e. The zero-order valence-corrected chi connectivity index (χ0v) is 25.7. The molecule has 6 aliphatic rings. The number of fused-ring (bicyclic) bond motifs is 3. The first-order valence-electron chi connectivity index (χ1n) is 16.3. The fraction of sp³-hybridized carbons (Fsp3) is 0.794. The quantitative estimate of drug-likeness (QED) is 0.407. The van der Waals surface area contributed by atoms with Crippen molar-refractivity contribution in [3.63, 3.8) is 0 Å². The van der Waals surface area contributed by atoms with E-state index in [0.717, 1.165) is 29.6 Å². The Morgan fingerprint density at radius 3 is 2.63 bits per heavy atom. The highest BCUT2D eigenvalue weighted by Gasteiger charge is 2.57. The van der Waals surface area contributed by atoms with E-state index < -0.39 is 24.2 Å². The molecule has 1 aromatic carbocycles. The molecule has 1 aliphatic heterocycles. The smallest absolute Gasteiger partial charge is 0.240 e. The fourth-order valence-corrected chi connectivity index (χ4v) is 9.94. The summed E-state index contributed by atoms with van der Waals surface area (Å²) in [5.41, 5.74) is 2.58. The molecule has 5 saturated carbocycles. The summed E-state index contributed by atoms with van der Waals surface area (Å²) in [5, 5.41) is 26.1. The molecule has 7 nitrogen and oxygen atoms in total. The van der Waals surface area contributed by atoms with Crippen molar-refractivity contribution in [1.29, 1.82) is 0 Å². The highest BCUT2D eigenvalue weighted by Crippen LogP contribution is 2.61. The summed E-state index contributed by atoms with van der Waals surface area (Å²) in [6, 6.07) is 5.79. The number of rotatable bonds is 8. The Morgan fingerprint density at radius 2 is 1.95 bits per heavy atom. The molecular formula is C34H52N2O5. The van der Waals surface area contributed by atoms with Gasteiger partial charge in [0, 0.05) is 17.5 Å². The topological polar surface area (TPSA) is 91.3 Å². The maximum atomic E-state index is 14.0. The summed E-state index contributed by atoms with van der Waals surface area (Å²) in [7, 11) is 1.74. The maximum Gasteiger partial charge on any atom is 0.240 e.